The molecule has 0 saturated heterocycles. The summed E-state index contributed by atoms with van der Waals surface area (Å²) in [5, 5.41) is 0. The number of anilines is 1. The molecule has 1 rings (SSSR count). The van der Waals surface area contributed by atoms with Crippen LogP contribution in [-0.2, 0) is 10.0 Å². The van der Waals surface area contributed by atoms with Crippen molar-refractivity contribution in [2.45, 2.75) is 19.4 Å². The number of ketones is 1. The Morgan fingerprint density at radius 3 is 2.32 bits per heavy atom. The lowest BCUT2D eigenvalue weighted by atomic mass is 10.0. The van der Waals surface area contributed by atoms with Gasteiger partial charge in [0.15, 0.2) is 5.78 Å². The van der Waals surface area contributed by atoms with Crippen LogP contribution >= 0.6 is 0 Å². The summed E-state index contributed by atoms with van der Waals surface area (Å²) in [4.78, 5) is 11.7. The summed E-state index contributed by atoms with van der Waals surface area (Å²) in [5.74, 6) is -0.623. The van der Waals surface area contributed by atoms with Crippen molar-refractivity contribution in [2.75, 3.05) is 4.72 Å². The topological polar surface area (TPSA) is 63.2 Å². The number of alkyl halides is 3. The molecule has 19 heavy (non-hydrogen) atoms. The second-order valence-corrected chi connectivity index (χ2v) is 5.82. The first kappa shape index (κ1) is 15.5. The minimum absolute atomic E-state index is 0.150. The molecular weight excluding hydrogens is 283 g/mol. The fourth-order valence-corrected chi connectivity index (χ4v) is 1.84. The molecule has 0 atom stereocenters. The molecule has 0 aromatic heterocycles. The average Bonchev–Trinajstić information content (AvgIpc) is 2.26. The SMILES string of the molecule is CC(C)C(=O)c1cccc(NS(=O)(=O)C(F)(F)F)c1. The molecule has 0 fully saturated rings. The van der Waals surface area contributed by atoms with E-state index < -0.39 is 15.5 Å². The van der Waals surface area contributed by atoms with Gasteiger partial charge in [0, 0.05) is 17.2 Å². The molecule has 0 heterocycles. The number of hydrogen-bond donors (Lipinski definition) is 1. The molecular formula is C11H12F3NO3S. The highest BCUT2D eigenvalue weighted by molar-refractivity contribution is 7.93. The van der Waals surface area contributed by atoms with E-state index in [0.29, 0.717) is 0 Å². The van der Waals surface area contributed by atoms with Crippen LogP contribution in [0.5, 0.6) is 0 Å². The number of benzene rings is 1. The third-order valence-corrected chi connectivity index (χ3v) is 3.34. The molecule has 1 N–H and O–H groups in total. The first-order valence-electron chi connectivity index (χ1n) is 5.28. The molecule has 106 valence electrons. The Morgan fingerprint density at radius 2 is 1.84 bits per heavy atom. The fraction of sp³-hybridized carbons (Fsp3) is 0.364. The highest BCUT2D eigenvalue weighted by atomic mass is 32.2. The van der Waals surface area contributed by atoms with Gasteiger partial charge in [0.05, 0.1) is 0 Å². The van der Waals surface area contributed by atoms with E-state index in [1.807, 2.05) is 0 Å². The van der Waals surface area contributed by atoms with Gasteiger partial charge in [-0.2, -0.15) is 21.6 Å². The van der Waals surface area contributed by atoms with Gasteiger partial charge in [-0.1, -0.05) is 26.0 Å². The van der Waals surface area contributed by atoms with Gasteiger partial charge >= 0.3 is 15.5 Å². The molecule has 0 unspecified atom stereocenters. The largest absolute Gasteiger partial charge is 0.516 e. The summed E-state index contributed by atoms with van der Waals surface area (Å²) in [6.45, 7) is 3.27. The quantitative estimate of drug-likeness (QED) is 0.869. The molecule has 0 radical (unpaired) electrons. The molecule has 1 aromatic rings. The van der Waals surface area contributed by atoms with Crippen LogP contribution in [0.3, 0.4) is 0 Å². The van der Waals surface area contributed by atoms with Gasteiger partial charge in [0.1, 0.15) is 0 Å². The normalized spacial score (nSPS) is 12.5. The molecule has 0 aliphatic heterocycles. The third kappa shape index (κ3) is 3.69. The summed E-state index contributed by atoms with van der Waals surface area (Å²) in [7, 11) is -5.47. The van der Waals surface area contributed by atoms with Crippen molar-refractivity contribution >= 4 is 21.5 Å². The van der Waals surface area contributed by atoms with Crippen LogP contribution in [0.2, 0.25) is 0 Å². The Bertz CT molecular complexity index is 579. The van der Waals surface area contributed by atoms with Gasteiger partial charge in [-0.3, -0.25) is 9.52 Å². The van der Waals surface area contributed by atoms with Crippen LogP contribution in [0, 0.1) is 5.92 Å². The van der Waals surface area contributed by atoms with Gasteiger partial charge in [-0.15, -0.1) is 0 Å². The van der Waals surface area contributed by atoms with Crippen molar-refractivity contribution in [1.29, 1.82) is 0 Å². The van der Waals surface area contributed by atoms with Crippen LogP contribution < -0.4 is 4.72 Å². The van der Waals surface area contributed by atoms with Crippen LogP contribution in [0.4, 0.5) is 18.9 Å². The molecule has 0 saturated carbocycles. The third-order valence-electron chi connectivity index (χ3n) is 2.23. The van der Waals surface area contributed by atoms with E-state index in [1.165, 1.54) is 16.9 Å². The Morgan fingerprint density at radius 1 is 1.26 bits per heavy atom. The molecule has 0 bridgehead atoms. The number of sulfonamides is 1. The van der Waals surface area contributed by atoms with E-state index in [9.17, 15) is 26.4 Å². The summed E-state index contributed by atoms with van der Waals surface area (Å²) >= 11 is 0. The Labute approximate surface area is 108 Å². The van der Waals surface area contributed by atoms with Gasteiger partial charge in [-0.25, -0.2) is 0 Å². The Balaban J connectivity index is 3.06. The van der Waals surface area contributed by atoms with Crippen molar-refractivity contribution in [1.82, 2.24) is 0 Å². The molecule has 0 aliphatic carbocycles. The second kappa shape index (κ2) is 5.20. The van der Waals surface area contributed by atoms with Gasteiger partial charge in [-0.05, 0) is 12.1 Å². The molecule has 8 heteroatoms. The summed E-state index contributed by atoms with van der Waals surface area (Å²) < 4.78 is 59.8. The van der Waals surface area contributed by atoms with E-state index >= 15 is 0 Å². The smallest absolute Gasteiger partial charge is 0.294 e. The van der Waals surface area contributed by atoms with Crippen LogP contribution in [0.25, 0.3) is 0 Å². The first-order chi connectivity index (χ1) is 8.54. The maximum absolute atomic E-state index is 12.2. The van der Waals surface area contributed by atoms with Crippen molar-refractivity contribution in [2.24, 2.45) is 5.92 Å². The van der Waals surface area contributed by atoms with Crippen molar-refractivity contribution < 1.29 is 26.4 Å². The zero-order valence-electron chi connectivity index (χ0n) is 10.2. The Kier molecular flexibility index (Phi) is 4.24. The zero-order chi connectivity index (χ0) is 14.8. The van der Waals surface area contributed by atoms with E-state index in [-0.39, 0.29) is 23.0 Å². The number of rotatable bonds is 4. The first-order valence-corrected chi connectivity index (χ1v) is 6.76. The van der Waals surface area contributed by atoms with Crippen molar-refractivity contribution in [3.05, 3.63) is 29.8 Å². The van der Waals surface area contributed by atoms with E-state index in [0.717, 1.165) is 12.1 Å². The Hall–Kier alpha value is -1.57. The number of Topliss-reactive ketones (excluding diaryl/α,β-unsaturated/α-hetero) is 1. The number of carbonyl (C=O) groups excluding carboxylic acids is 1. The van der Waals surface area contributed by atoms with E-state index in [4.69, 9.17) is 0 Å². The summed E-state index contributed by atoms with van der Waals surface area (Å²) in [6, 6.07) is 4.93. The minimum atomic E-state index is -5.47. The molecule has 4 nitrogen and oxygen atoms in total. The number of carbonyl (C=O) groups is 1. The number of hydrogen-bond acceptors (Lipinski definition) is 3. The number of halogens is 3. The van der Waals surface area contributed by atoms with Crippen LogP contribution in [-0.4, -0.2) is 19.7 Å². The molecule has 0 spiro atoms. The lowest BCUT2D eigenvalue weighted by molar-refractivity contribution is -0.0429. The van der Waals surface area contributed by atoms with Gasteiger partial charge in [0.25, 0.3) is 0 Å². The van der Waals surface area contributed by atoms with Crippen molar-refractivity contribution in [3.63, 3.8) is 0 Å². The average molecular weight is 295 g/mol. The lowest BCUT2D eigenvalue weighted by Crippen LogP contribution is -2.30. The van der Waals surface area contributed by atoms with Crippen LogP contribution in [0.15, 0.2) is 24.3 Å². The highest BCUT2D eigenvalue weighted by Crippen LogP contribution is 2.26. The van der Waals surface area contributed by atoms with Gasteiger partial charge in [0.2, 0.25) is 0 Å². The van der Waals surface area contributed by atoms with E-state index in [2.05, 4.69) is 0 Å². The highest BCUT2D eigenvalue weighted by Gasteiger charge is 2.46. The van der Waals surface area contributed by atoms with Crippen molar-refractivity contribution in [3.8, 4) is 0 Å². The summed E-state index contributed by atoms with van der Waals surface area (Å²) in [5.41, 5.74) is -5.55. The zero-order valence-corrected chi connectivity index (χ0v) is 11.0. The predicted molar refractivity (Wildman–Crippen MR) is 64.2 cm³/mol. The standard InChI is InChI=1S/C11H12F3NO3S/c1-7(2)10(16)8-4-3-5-9(6-8)15-19(17,18)11(12,13)14/h3-7,15H,1-2H3. The maximum Gasteiger partial charge on any atom is 0.516 e. The van der Waals surface area contributed by atoms with E-state index in [1.54, 1.807) is 13.8 Å². The maximum atomic E-state index is 12.2. The second-order valence-electron chi connectivity index (χ2n) is 4.15. The van der Waals surface area contributed by atoms with Gasteiger partial charge < -0.3 is 0 Å². The minimum Gasteiger partial charge on any atom is -0.294 e. The number of nitrogens with one attached hydrogen (secondary N) is 1. The fourth-order valence-electron chi connectivity index (χ4n) is 1.28. The monoisotopic (exact) mass is 295 g/mol. The molecule has 0 amide bonds. The molecule has 0 aliphatic rings. The predicted octanol–water partition coefficient (Wildman–Crippen LogP) is 2.79. The van der Waals surface area contributed by atoms with Crippen LogP contribution in [0.1, 0.15) is 24.2 Å². The summed E-state index contributed by atoms with van der Waals surface area (Å²) in [6.07, 6.45) is 0. The lowest BCUT2D eigenvalue weighted by Gasteiger charge is -2.11. The molecule has 1 aromatic carbocycles.